The topological polar surface area (TPSA) is 64.3 Å². The van der Waals surface area contributed by atoms with Crippen LogP contribution in [0.3, 0.4) is 0 Å². The summed E-state index contributed by atoms with van der Waals surface area (Å²) in [5.74, 6) is 0.139. The predicted molar refractivity (Wildman–Crippen MR) is 80.3 cm³/mol. The SMILES string of the molecule is CC(C)OCc1cccc(NC(=O)C2CCC(N)C2)c1. The molecular formula is C16H24N2O2. The molecule has 2 atom stereocenters. The number of hydrogen-bond donors (Lipinski definition) is 2. The number of nitrogens with one attached hydrogen (secondary N) is 1. The molecule has 2 rings (SSSR count). The molecule has 1 fully saturated rings. The summed E-state index contributed by atoms with van der Waals surface area (Å²) in [5, 5.41) is 2.98. The Labute approximate surface area is 120 Å². The minimum absolute atomic E-state index is 0.0561. The van der Waals surface area contributed by atoms with E-state index in [-0.39, 0.29) is 24.0 Å². The molecule has 1 aromatic carbocycles. The van der Waals surface area contributed by atoms with E-state index in [0.717, 1.165) is 30.5 Å². The number of benzene rings is 1. The quantitative estimate of drug-likeness (QED) is 0.869. The van der Waals surface area contributed by atoms with Crippen LogP contribution < -0.4 is 11.1 Å². The lowest BCUT2D eigenvalue weighted by Crippen LogP contribution is -2.23. The maximum absolute atomic E-state index is 12.1. The first-order valence-electron chi connectivity index (χ1n) is 7.31. The Kier molecular flexibility index (Phi) is 5.15. The summed E-state index contributed by atoms with van der Waals surface area (Å²) in [5.41, 5.74) is 7.75. The average Bonchev–Trinajstić information content (AvgIpc) is 2.84. The van der Waals surface area contributed by atoms with Crippen molar-refractivity contribution in [2.24, 2.45) is 11.7 Å². The summed E-state index contributed by atoms with van der Waals surface area (Å²) in [6, 6.07) is 8.00. The van der Waals surface area contributed by atoms with E-state index in [2.05, 4.69) is 5.32 Å². The maximum atomic E-state index is 12.1. The molecule has 0 saturated heterocycles. The second kappa shape index (κ2) is 6.86. The second-order valence-electron chi connectivity index (χ2n) is 5.82. The highest BCUT2D eigenvalue weighted by molar-refractivity contribution is 5.92. The van der Waals surface area contributed by atoms with Crippen LogP contribution in [0, 0.1) is 5.92 Å². The third-order valence-corrected chi connectivity index (χ3v) is 3.62. The monoisotopic (exact) mass is 276 g/mol. The van der Waals surface area contributed by atoms with Gasteiger partial charge in [-0.15, -0.1) is 0 Å². The van der Waals surface area contributed by atoms with E-state index in [4.69, 9.17) is 10.5 Å². The molecule has 110 valence electrons. The molecule has 4 nitrogen and oxygen atoms in total. The largest absolute Gasteiger partial charge is 0.374 e. The molecule has 20 heavy (non-hydrogen) atoms. The van der Waals surface area contributed by atoms with E-state index < -0.39 is 0 Å². The van der Waals surface area contributed by atoms with Crippen molar-refractivity contribution < 1.29 is 9.53 Å². The van der Waals surface area contributed by atoms with Crippen molar-refractivity contribution in [3.8, 4) is 0 Å². The Balaban J connectivity index is 1.92. The highest BCUT2D eigenvalue weighted by Gasteiger charge is 2.27. The first-order valence-corrected chi connectivity index (χ1v) is 7.31. The van der Waals surface area contributed by atoms with Crippen LogP contribution in [0.25, 0.3) is 0 Å². The molecule has 1 amide bonds. The lowest BCUT2D eigenvalue weighted by atomic mass is 10.1. The predicted octanol–water partition coefficient (Wildman–Crippen LogP) is 2.68. The van der Waals surface area contributed by atoms with Gasteiger partial charge >= 0.3 is 0 Å². The zero-order chi connectivity index (χ0) is 14.5. The molecule has 3 N–H and O–H groups in total. The Bertz CT molecular complexity index is 460. The van der Waals surface area contributed by atoms with Gasteiger partial charge < -0.3 is 15.8 Å². The molecule has 1 aromatic rings. The van der Waals surface area contributed by atoms with Crippen LogP contribution in [0.15, 0.2) is 24.3 Å². The zero-order valence-electron chi connectivity index (χ0n) is 12.3. The number of carbonyl (C=O) groups excluding carboxylic acids is 1. The van der Waals surface area contributed by atoms with Crippen molar-refractivity contribution in [3.63, 3.8) is 0 Å². The summed E-state index contributed by atoms with van der Waals surface area (Å²) in [7, 11) is 0. The normalized spacial score (nSPS) is 22.2. The number of anilines is 1. The molecule has 0 spiro atoms. The lowest BCUT2D eigenvalue weighted by molar-refractivity contribution is -0.119. The Hall–Kier alpha value is -1.39. The van der Waals surface area contributed by atoms with Crippen molar-refractivity contribution in [2.45, 2.75) is 51.9 Å². The molecule has 0 bridgehead atoms. The molecule has 1 aliphatic rings. The maximum Gasteiger partial charge on any atom is 0.227 e. The van der Waals surface area contributed by atoms with Crippen LogP contribution in [0.1, 0.15) is 38.7 Å². The lowest BCUT2D eigenvalue weighted by Gasteiger charge is -2.12. The summed E-state index contributed by atoms with van der Waals surface area (Å²) in [6.07, 6.45) is 2.83. The van der Waals surface area contributed by atoms with Gasteiger partial charge in [0.05, 0.1) is 12.7 Å². The number of hydrogen-bond acceptors (Lipinski definition) is 3. The summed E-state index contributed by atoms with van der Waals surface area (Å²) < 4.78 is 5.57. The van der Waals surface area contributed by atoms with E-state index >= 15 is 0 Å². The molecule has 4 heteroatoms. The molecule has 0 aromatic heterocycles. The van der Waals surface area contributed by atoms with Crippen molar-refractivity contribution >= 4 is 11.6 Å². The first kappa shape index (κ1) is 15.0. The number of carbonyl (C=O) groups is 1. The fourth-order valence-electron chi connectivity index (χ4n) is 2.50. The molecule has 2 unspecified atom stereocenters. The number of ether oxygens (including phenoxy) is 1. The molecule has 0 heterocycles. The highest BCUT2D eigenvalue weighted by Crippen LogP contribution is 2.25. The van der Waals surface area contributed by atoms with Crippen LogP contribution in [0.4, 0.5) is 5.69 Å². The van der Waals surface area contributed by atoms with E-state index in [1.165, 1.54) is 0 Å². The van der Waals surface area contributed by atoms with Gasteiger partial charge in [0.25, 0.3) is 0 Å². The van der Waals surface area contributed by atoms with Gasteiger partial charge in [-0.2, -0.15) is 0 Å². The number of amides is 1. The van der Waals surface area contributed by atoms with Crippen molar-refractivity contribution in [1.82, 2.24) is 0 Å². The molecule has 0 radical (unpaired) electrons. The van der Waals surface area contributed by atoms with E-state index in [1.54, 1.807) is 0 Å². The molecule has 1 saturated carbocycles. The average molecular weight is 276 g/mol. The van der Waals surface area contributed by atoms with Crippen LogP contribution in [0.5, 0.6) is 0 Å². The zero-order valence-corrected chi connectivity index (χ0v) is 12.3. The Morgan fingerprint density at radius 2 is 2.25 bits per heavy atom. The van der Waals surface area contributed by atoms with Crippen LogP contribution in [0.2, 0.25) is 0 Å². The van der Waals surface area contributed by atoms with Gasteiger partial charge in [-0.05, 0) is 50.8 Å². The summed E-state index contributed by atoms with van der Waals surface area (Å²) >= 11 is 0. The third-order valence-electron chi connectivity index (χ3n) is 3.62. The van der Waals surface area contributed by atoms with Crippen molar-refractivity contribution in [1.29, 1.82) is 0 Å². The molecular weight excluding hydrogens is 252 g/mol. The molecule has 0 aliphatic heterocycles. The Morgan fingerprint density at radius 3 is 2.90 bits per heavy atom. The van der Waals surface area contributed by atoms with E-state index in [1.807, 2.05) is 38.1 Å². The summed E-state index contributed by atoms with van der Waals surface area (Å²) in [6.45, 7) is 4.58. The van der Waals surface area contributed by atoms with E-state index in [9.17, 15) is 4.79 Å². The highest BCUT2D eigenvalue weighted by atomic mass is 16.5. The Morgan fingerprint density at radius 1 is 1.45 bits per heavy atom. The standard InChI is InChI=1S/C16H24N2O2/c1-11(2)20-10-12-4-3-5-15(8-12)18-16(19)13-6-7-14(17)9-13/h3-5,8,11,13-14H,6-7,9-10,17H2,1-2H3,(H,18,19). The number of rotatable bonds is 5. The fraction of sp³-hybridized carbons (Fsp3) is 0.562. The fourth-order valence-corrected chi connectivity index (χ4v) is 2.50. The minimum atomic E-state index is 0.0561. The van der Waals surface area contributed by atoms with Crippen LogP contribution in [-0.4, -0.2) is 18.1 Å². The smallest absolute Gasteiger partial charge is 0.227 e. The van der Waals surface area contributed by atoms with Crippen LogP contribution >= 0.6 is 0 Å². The van der Waals surface area contributed by atoms with Crippen molar-refractivity contribution in [2.75, 3.05) is 5.32 Å². The van der Waals surface area contributed by atoms with E-state index in [0.29, 0.717) is 6.61 Å². The minimum Gasteiger partial charge on any atom is -0.374 e. The third kappa shape index (κ3) is 4.32. The van der Waals surface area contributed by atoms with Gasteiger partial charge in [-0.1, -0.05) is 12.1 Å². The van der Waals surface area contributed by atoms with Gasteiger partial charge in [0.1, 0.15) is 0 Å². The van der Waals surface area contributed by atoms with Gasteiger partial charge in [-0.3, -0.25) is 4.79 Å². The number of nitrogens with two attached hydrogens (primary N) is 1. The van der Waals surface area contributed by atoms with Gasteiger partial charge in [0.2, 0.25) is 5.91 Å². The van der Waals surface area contributed by atoms with Gasteiger partial charge in [0, 0.05) is 17.6 Å². The first-order chi connectivity index (χ1) is 9.54. The van der Waals surface area contributed by atoms with Crippen molar-refractivity contribution in [3.05, 3.63) is 29.8 Å². The van der Waals surface area contributed by atoms with Gasteiger partial charge in [0.15, 0.2) is 0 Å². The molecule has 1 aliphatic carbocycles. The van der Waals surface area contributed by atoms with Gasteiger partial charge in [-0.25, -0.2) is 0 Å². The summed E-state index contributed by atoms with van der Waals surface area (Å²) in [4.78, 5) is 12.1. The van der Waals surface area contributed by atoms with Crippen LogP contribution in [-0.2, 0) is 16.1 Å². The second-order valence-corrected chi connectivity index (χ2v) is 5.82.